The number of aliphatic carboxylic acids is 1. The summed E-state index contributed by atoms with van der Waals surface area (Å²) in [7, 11) is 0. The quantitative estimate of drug-likeness (QED) is 0.872. The van der Waals surface area contributed by atoms with E-state index in [0.717, 1.165) is 5.69 Å². The molecule has 6 heteroatoms. The van der Waals surface area contributed by atoms with Crippen molar-refractivity contribution in [3.63, 3.8) is 0 Å². The summed E-state index contributed by atoms with van der Waals surface area (Å²) in [5.41, 5.74) is 1.13. The summed E-state index contributed by atoms with van der Waals surface area (Å²) >= 11 is 0. The zero-order valence-corrected chi connectivity index (χ0v) is 11.7. The van der Waals surface area contributed by atoms with Gasteiger partial charge in [0.25, 0.3) is 5.91 Å². The van der Waals surface area contributed by atoms with E-state index in [2.05, 4.69) is 15.3 Å². The lowest BCUT2D eigenvalue weighted by Gasteiger charge is -2.26. The van der Waals surface area contributed by atoms with Crippen LogP contribution in [0.2, 0.25) is 0 Å². The number of rotatable bonds is 3. The van der Waals surface area contributed by atoms with Gasteiger partial charge in [0.1, 0.15) is 11.5 Å². The number of nitrogens with zero attached hydrogens (tertiary/aromatic N) is 2. The van der Waals surface area contributed by atoms with Crippen molar-refractivity contribution in [2.24, 2.45) is 5.92 Å². The molecule has 1 saturated carbocycles. The SMILES string of the molecule is Cc1cc(C(=O)NC2CCC(C(=O)O)CC2)nc(C)n1. The Kier molecular flexibility index (Phi) is 4.32. The van der Waals surface area contributed by atoms with Gasteiger partial charge in [-0.25, -0.2) is 9.97 Å². The molecule has 0 aliphatic heterocycles. The highest BCUT2D eigenvalue weighted by atomic mass is 16.4. The fourth-order valence-corrected chi connectivity index (χ4v) is 2.58. The molecule has 0 bridgehead atoms. The van der Waals surface area contributed by atoms with Gasteiger partial charge in [-0.3, -0.25) is 9.59 Å². The molecule has 0 spiro atoms. The number of carbonyl (C=O) groups is 2. The van der Waals surface area contributed by atoms with Crippen molar-refractivity contribution in [2.75, 3.05) is 0 Å². The molecule has 6 nitrogen and oxygen atoms in total. The number of amides is 1. The van der Waals surface area contributed by atoms with Crippen molar-refractivity contribution in [3.8, 4) is 0 Å². The number of hydrogen-bond donors (Lipinski definition) is 2. The Morgan fingerprint density at radius 1 is 1.20 bits per heavy atom. The lowest BCUT2D eigenvalue weighted by atomic mass is 9.86. The predicted octanol–water partition coefficient (Wildman–Crippen LogP) is 1.47. The first-order chi connectivity index (χ1) is 9.45. The van der Waals surface area contributed by atoms with Crippen molar-refractivity contribution >= 4 is 11.9 Å². The normalized spacial score (nSPS) is 22.3. The summed E-state index contributed by atoms with van der Waals surface area (Å²) < 4.78 is 0. The van der Waals surface area contributed by atoms with E-state index in [-0.39, 0.29) is 17.9 Å². The maximum absolute atomic E-state index is 12.1. The first-order valence-corrected chi connectivity index (χ1v) is 6.81. The van der Waals surface area contributed by atoms with Crippen LogP contribution in [0.5, 0.6) is 0 Å². The van der Waals surface area contributed by atoms with Crippen LogP contribution in [0.1, 0.15) is 47.7 Å². The molecule has 0 aromatic carbocycles. The van der Waals surface area contributed by atoms with Gasteiger partial charge in [-0.05, 0) is 45.6 Å². The Morgan fingerprint density at radius 3 is 2.40 bits per heavy atom. The van der Waals surface area contributed by atoms with Crippen LogP contribution in [0.3, 0.4) is 0 Å². The van der Waals surface area contributed by atoms with Crippen LogP contribution >= 0.6 is 0 Å². The molecule has 1 amide bonds. The zero-order valence-electron chi connectivity index (χ0n) is 11.7. The van der Waals surface area contributed by atoms with Gasteiger partial charge in [0.2, 0.25) is 0 Å². The molecular weight excluding hydrogens is 258 g/mol. The number of nitrogens with one attached hydrogen (secondary N) is 1. The third-order valence-corrected chi connectivity index (χ3v) is 3.61. The summed E-state index contributed by atoms with van der Waals surface area (Å²) in [6.45, 7) is 3.57. The summed E-state index contributed by atoms with van der Waals surface area (Å²) in [5.74, 6) is -0.648. The standard InChI is InChI=1S/C14H19N3O3/c1-8-7-12(16-9(2)15-8)13(18)17-11-5-3-10(4-6-11)14(19)20/h7,10-11H,3-6H2,1-2H3,(H,17,18)(H,19,20). The fraction of sp³-hybridized carbons (Fsp3) is 0.571. The van der Waals surface area contributed by atoms with E-state index in [9.17, 15) is 9.59 Å². The molecular formula is C14H19N3O3. The van der Waals surface area contributed by atoms with Crippen molar-refractivity contribution in [1.29, 1.82) is 0 Å². The molecule has 1 aliphatic rings. The minimum absolute atomic E-state index is 0.0358. The van der Waals surface area contributed by atoms with Crippen LogP contribution in [-0.2, 0) is 4.79 Å². The van der Waals surface area contributed by atoms with Crippen LogP contribution in [0.4, 0.5) is 0 Å². The Bertz CT molecular complexity index is 502. The smallest absolute Gasteiger partial charge is 0.306 e. The predicted molar refractivity (Wildman–Crippen MR) is 72.4 cm³/mol. The molecule has 2 rings (SSSR count). The Morgan fingerprint density at radius 2 is 1.85 bits per heavy atom. The summed E-state index contributed by atoms with van der Waals surface area (Å²) in [5, 5.41) is 11.9. The third-order valence-electron chi connectivity index (χ3n) is 3.61. The number of carboxylic acid groups (broad SMARTS) is 1. The number of carbonyl (C=O) groups excluding carboxylic acids is 1. The second kappa shape index (κ2) is 5.98. The van der Waals surface area contributed by atoms with Crippen LogP contribution < -0.4 is 5.32 Å². The topological polar surface area (TPSA) is 92.2 Å². The number of hydrogen-bond acceptors (Lipinski definition) is 4. The second-order valence-corrected chi connectivity index (χ2v) is 5.30. The Hall–Kier alpha value is -1.98. The van der Waals surface area contributed by atoms with Crippen molar-refractivity contribution in [3.05, 3.63) is 23.3 Å². The first kappa shape index (κ1) is 14.4. The summed E-state index contributed by atoms with van der Waals surface area (Å²) in [6, 6.07) is 1.69. The fourth-order valence-electron chi connectivity index (χ4n) is 2.58. The molecule has 2 N–H and O–H groups in total. The monoisotopic (exact) mass is 277 g/mol. The number of carboxylic acids is 1. The largest absolute Gasteiger partial charge is 0.481 e. The van der Waals surface area contributed by atoms with E-state index in [1.54, 1.807) is 13.0 Å². The number of aryl methyl sites for hydroxylation is 2. The molecule has 1 heterocycles. The molecule has 1 aromatic rings. The molecule has 108 valence electrons. The van der Waals surface area contributed by atoms with Gasteiger partial charge in [0.15, 0.2) is 0 Å². The maximum Gasteiger partial charge on any atom is 0.306 e. The number of aromatic nitrogens is 2. The maximum atomic E-state index is 12.1. The van der Waals surface area contributed by atoms with Gasteiger partial charge in [0, 0.05) is 11.7 Å². The van der Waals surface area contributed by atoms with Crippen LogP contribution in [0.25, 0.3) is 0 Å². The van der Waals surface area contributed by atoms with E-state index >= 15 is 0 Å². The van der Waals surface area contributed by atoms with E-state index in [1.165, 1.54) is 0 Å². The minimum atomic E-state index is -0.739. The van der Waals surface area contributed by atoms with E-state index in [0.29, 0.717) is 37.2 Å². The Balaban J connectivity index is 1.94. The highest BCUT2D eigenvalue weighted by Gasteiger charge is 2.27. The van der Waals surface area contributed by atoms with E-state index < -0.39 is 5.97 Å². The highest BCUT2D eigenvalue weighted by molar-refractivity contribution is 5.92. The Labute approximate surface area is 117 Å². The van der Waals surface area contributed by atoms with Crippen molar-refractivity contribution in [1.82, 2.24) is 15.3 Å². The first-order valence-electron chi connectivity index (χ1n) is 6.81. The molecule has 1 fully saturated rings. The van der Waals surface area contributed by atoms with E-state index in [4.69, 9.17) is 5.11 Å². The van der Waals surface area contributed by atoms with Gasteiger partial charge < -0.3 is 10.4 Å². The van der Waals surface area contributed by atoms with Crippen LogP contribution in [0.15, 0.2) is 6.07 Å². The lowest BCUT2D eigenvalue weighted by molar-refractivity contribution is -0.142. The van der Waals surface area contributed by atoms with Gasteiger partial charge in [-0.2, -0.15) is 0 Å². The molecule has 1 aromatic heterocycles. The van der Waals surface area contributed by atoms with Crippen molar-refractivity contribution < 1.29 is 14.7 Å². The molecule has 0 saturated heterocycles. The van der Waals surface area contributed by atoms with Gasteiger partial charge in [-0.15, -0.1) is 0 Å². The second-order valence-electron chi connectivity index (χ2n) is 5.30. The summed E-state index contributed by atoms with van der Waals surface area (Å²) in [4.78, 5) is 31.3. The molecule has 0 unspecified atom stereocenters. The minimum Gasteiger partial charge on any atom is -0.481 e. The van der Waals surface area contributed by atoms with Gasteiger partial charge >= 0.3 is 5.97 Å². The molecule has 1 aliphatic carbocycles. The van der Waals surface area contributed by atoms with E-state index in [1.807, 2.05) is 6.92 Å². The average molecular weight is 277 g/mol. The zero-order chi connectivity index (χ0) is 14.7. The third kappa shape index (κ3) is 3.53. The van der Waals surface area contributed by atoms with Gasteiger partial charge in [0.05, 0.1) is 5.92 Å². The van der Waals surface area contributed by atoms with Crippen molar-refractivity contribution in [2.45, 2.75) is 45.6 Å². The average Bonchev–Trinajstić information content (AvgIpc) is 2.38. The van der Waals surface area contributed by atoms with Gasteiger partial charge in [-0.1, -0.05) is 0 Å². The summed E-state index contributed by atoms with van der Waals surface area (Å²) in [6.07, 6.45) is 2.63. The molecule has 0 radical (unpaired) electrons. The highest BCUT2D eigenvalue weighted by Crippen LogP contribution is 2.24. The lowest BCUT2D eigenvalue weighted by Crippen LogP contribution is -2.39. The molecule has 20 heavy (non-hydrogen) atoms. The van der Waals surface area contributed by atoms with Crippen LogP contribution in [0, 0.1) is 19.8 Å². The van der Waals surface area contributed by atoms with Crippen LogP contribution in [-0.4, -0.2) is 33.0 Å². The molecule has 0 atom stereocenters.